The van der Waals surface area contributed by atoms with Crippen molar-refractivity contribution in [3.05, 3.63) is 75.8 Å². The summed E-state index contributed by atoms with van der Waals surface area (Å²) in [5.74, 6) is 0. The minimum atomic E-state index is -0.376. The molecule has 0 fully saturated rings. The van der Waals surface area contributed by atoms with E-state index in [-0.39, 0.29) is 15.9 Å². The van der Waals surface area contributed by atoms with Crippen molar-refractivity contribution in [2.75, 3.05) is 13.1 Å². The monoisotopic (exact) mass is 327 g/mol. The van der Waals surface area contributed by atoms with Gasteiger partial charge in [-0.15, -0.1) is 0 Å². The maximum absolute atomic E-state index is 10.7. The highest BCUT2D eigenvalue weighted by molar-refractivity contribution is 8.14. The van der Waals surface area contributed by atoms with Gasteiger partial charge in [-0.3, -0.25) is 15.1 Å². The van der Waals surface area contributed by atoms with Crippen molar-refractivity contribution in [3.8, 4) is 0 Å². The lowest BCUT2D eigenvalue weighted by molar-refractivity contribution is -0.384. The fraction of sp³-hybridized carbons (Fsp3) is 0.235. The standard InChI is InChI=1S/C17H17N3O2S/c21-20(22)15-8-6-14(7-9-15)16-12-19-17(23-16)18-11-10-13-4-2-1-3-5-13/h1-9,16H,10-12H2,(H,18,19)/t16-/m1/s1. The average Bonchev–Trinajstić information content (AvgIpc) is 3.05. The number of nitrogens with one attached hydrogen (secondary N) is 1. The SMILES string of the molecule is O=[N+]([O-])c1ccc([C@H]2CN=C(NCCc3ccccc3)S2)cc1. The van der Waals surface area contributed by atoms with Crippen LogP contribution in [0.4, 0.5) is 5.69 Å². The van der Waals surface area contributed by atoms with E-state index in [2.05, 4.69) is 22.4 Å². The number of hydrogen-bond donors (Lipinski definition) is 1. The molecular weight excluding hydrogens is 310 g/mol. The van der Waals surface area contributed by atoms with Gasteiger partial charge in [-0.25, -0.2) is 0 Å². The first-order valence-corrected chi connectivity index (χ1v) is 8.33. The Kier molecular flexibility index (Phi) is 4.92. The summed E-state index contributed by atoms with van der Waals surface area (Å²) in [5, 5.41) is 15.2. The molecule has 0 saturated carbocycles. The Morgan fingerprint density at radius 3 is 2.61 bits per heavy atom. The third kappa shape index (κ3) is 4.10. The highest BCUT2D eigenvalue weighted by atomic mass is 32.2. The fourth-order valence-electron chi connectivity index (χ4n) is 2.42. The van der Waals surface area contributed by atoms with Crippen LogP contribution < -0.4 is 5.32 Å². The molecule has 1 aliphatic heterocycles. The Balaban J connectivity index is 1.49. The number of nitro groups is 1. The lowest BCUT2D eigenvalue weighted by atomic mass is 10.1. The predicted octanol–water partition coefficient (Wildman–Crippen LogP) is 3.57. The maximum Gasteiger partial charge on any atom is 0.269 e. The zero-order chi connectivity index (χ0) is 16.1. The molecule has 0 aliphatic carbocycles. The lowest BCUT2D eigenvalue weighted by Gasteiger charge is -2.09. The zero-order valence-corrected chi connectivity index (χ0v) is 13.3. The number of thioether (sulfide) groups is 1. The van der Waals surface area contributed by atoms with Crippen LogP contribution in [0.1, 0.15) is 16.4 Å². The van der Waals surface area contributed by atoms with Crippen molar-refractivity contribution in [2.45, 2.75) is 11.7 Å². The topological polar surface area (TPSA) is 67.5 Å². The molecule has 0 aromatic heterocycles. The second-order valence-corrected chi connectivity index (χ2v) is 6.45. The summed E-state index contributed by atoms with van der Waals surface area (Å²) in [5.41, 5.74) is 2.50. The van der Waals surface area contributed by atoms with E-state index in [0.29, 0.717) is 6.54 Å². The molecule has 1 aliphatic rings. The summed E-state index contributed by atoms with van der Waals surface area (Å²) in [6.07, 6.45) is 0.961. The maximum atomic E-state index is 10.7. The van der Waals surface area contributed by atoms with Gasteiger partial charge in [-0.05, 0) is 17.5 Å². The van der Waals surface area contributed by atoms with Crippen LogP contribution in [0.25, 0.3) is 0 Å². The molecule has 3 rings (SSSR count). The van der Waals surface area contributed by atoms with Crippen molar-refractivity contribution < 1.29 is 4.92 Å². The number of nitrogens with zero attached hydrogens (tertiary/aromatic N) is 2. The zero-order valence-electron chi connectivity index (χ0n) is 12.5. The van der Waals surface area contributed by atoms with E-state index in [0.717, 1.165) is 23.7 Å². The van der Waals surface area contributed by atoms with Gasteiger partial charge in [0, 0.05) is 18.7 Å². The van der Waals surface area contributed by atoms with Gasteiger partial charge in [0.1, 0.15) is 0 Å². The minimum absolute atomic E-state index is 0.124. The molecule has 2 aromatic rings. The third-order valence-electron chi connectivity index (χ3n) is 3.66. The van der Waals surface area contributed by atoms with Crippen LogP contribution in [0.3, 0.4) is 0 Å². The van der Waals surface area contributed by atoms with Gasteiger partial charge < -0.3 is 5.32 Å². The summed E-state index contributed by atoms with van der Waals surface area (Å²) in [7, 11) is 0. The average molecular weight is 327 g/mol. The molecule has 23 heavy (non-hydrogen) atoms. The normalized spacial score (nSPS) is 16.9. The van der Waals surface area contributed by atoms with Crippen molar-refractivity contribution >= 4 is 22.6 Å². The lowest BCUT2D eigenvalue weighted by Crippen LogP contribution is -2.21. The van der Waals surface area contributed by atoms with Gasteiger partial charge in [-0.1, -0.05) is 54.2 Å². The summed E-state index contributed by atoms with van der Waals surface area (Å²) in [6, 6.07) is 17.1. The molecular formula is C17H17N3O2S. The fourth-order valence-corrected chi connectivity index (χ4v) is 3.46. The molecule has 1 heterocycles. The first kappa shape index (κ1) is 15.6. The van der Waals surface area contributed by atoms with Gasteiger partial charge in [0.2, 0.25) is 0 Å². The third-order valence-corrected chi connectivity index (χ3v) is 4.87. The van der Waals surface area contributed by atoms with E-state index in [1.165, 1.54) is 5.56 Å². The summed E-state index contributed by atoms with van der Waals surface area (Å²) < 4.78 is 0. The number of aliphatic imine (C=N–C) groups is 1. The Labute approximate surface area is 139 Å². The van der Waals surface area contributed by atoms with E-state index in [9.17, 15) is 10.1 Å². The van der Waals surface area contributed by atoms with Gasteiger partial charge in [0.25, 0.3) is 5.69 Å². The molecule has 6 heteroatoms. The first-order chi connectivity index (χ1) is 11.2. The Bertz CT molecular complexity index is 702. The first-order valence-electron chi connectivity index (χ1n) is 7.45. The van der Waals surface area contributed by atoms with Crippen molar-refractivity contribution in [1.29, 1.82) is 0 Å². The predicted molar refractivity (Wildman–Crippen MR) is 93.9 cm³/mol. The Morgan fingerprint density at radius 2 is 1.91 bits per heavy atom. The van der Waals surface area contributed by atoms with E-state index in [1.807, 2.05) is 30.3 Å². The molecule has 118 valence electrons. The quantitative estimate of drug-likeness (QED) is 0.673. The number of nitro benzene ring substituents is 1. The minimum Gasteiger partial charge on any atom is -0.365 e. The molecule has 0 bridgehead atoms. The van der Waals surface area contributed by atoms with Gasteiger partial charge in [-0.2, -0.15) is 0 Å². The van der Waals surface area contributed by atoms with Gasteiger partial charge in [0.05, 0.1) is 16.7 Å². The highest BCUT2D eigenvalue weighted by Gasteiger charge is 2.21. The van der Waals surface area contributed by atoms with E-state index >= 15 is 0 Å². The molecule has 0 amide bonds. The Hall–Kier alpha value is -2.34. The van der Waals surface area contributed by atoms with Crippen LogP contribution in [-0.2, 0) is 6.42 Å². The molecule has 0 radical (unpaired) electrons. The van der Waals surface area contributed by atoms with E-state index in [4.69, 9.17) is 0 Å². The molecule has 0 saturated heterocycles. The van der Waals surface area contributed by atoms with E-state index in [1.54, 1.807) is 23.9 Å². The van der Waals surface area contributed by atoms with Gasteiger partial charge in [0.15, 0.2) is 5.17 Å². The van der Waals surface area contributed by atoms with E-state index < -0.39 is 0 Å². The molecule has 0 unspecified atom stereocenters. The number of rotatable bonds is 5. The molecule has 1 atom stereocenters. The molecule has 0 spiro atoms. The largest absolute Gasteiger partial charge is 0.365 e. The van der Waals surface area contributed by atoms with Crippen LogP contribution in [0.15, 0.2) is 59.6 Å². The van der Waals surface area contributed by atoms with Crippen molar-refractivity contribution in [3.63, 3.8) is 0 Å². The summed E-state index contributed by atoms with van der Waals surface area (Å²) in [4.78, 5) is 14.8. The second-order valence-electron chi connectivity index (χ2n) is 5.26. The number of non-ortho nitro benzene ring substituents is 1. The van der Waals surface area contributed by atoms with Crippen molar-refractivity contribution in [2.24, 2.45) is 4.99 Å². The summed E-state index contributed by atoms with van der Waals surface area (Å²) in [6.45, 7) is 1.55. The Morgan fingerprint density at radius 1 is 1.17 bits per heavy atom. The van der Waals surface area contributed by atoms with Crippen LogP contribution in [-0.4, -0.2) is 23.2 Å². The van der Waals surface area contributed by atoms with Gasteiger partial charge >= 0.3 is 0 Å². The van der Waals surface area contributed by atoms with Crippen LogP contribution >= 0.6 is 11.8 Å². The second kappa shape index (κ2) is 7.28. The molecule has 2 aromatic carbocycles. The van der Waals surface area contributed by atoms with Crippen LogP contribution in [0.2, 0.25) is 0 Å². The van der Waals surface area contributed by atoms with Crippen molar-refractivity contribution in [1.82, 2.24) is 5.32 Å². The number of hydrogen-bond acceptors (Lipinski definition) is 5. The number of benzene rings is 2. The summed E-state index contributed by atoms with van der Waals surface area (Å²) >= 11 is 1.68. The molecule has 1 N–H and O–H groups in total. The van der Waals surface area contributed by atoms with Crippen LogP contribution in [0.5, 0.6) is 0 Å². The highest BCUT2D eigenvalue weighted by Crippen LogP contribution is 2.34. The van der Waals surface area contributed by atoms with Crippen LogP contribution in [0, 0.1) is 10.1 Å². The smallest absolute Gasteiger partial charge is 0.269 e. The molecule has 5 nitrogen and oxygen atoms in total. The number of amidine groups is 1.